The van der Waals surface area contributed by atoms with Crippen molar-refractivity contribution in [3.8, 4) is 5.75 Å². The van der Waals surface area contributed by atoms with Crippen molar-refractivity contribution in [2.45, 2.75) is 6.42 Å². The summed E-state index contributed by atoms with van der Waals surface area (Å²) in [6.07, 6.45) is 2.30. The Bertz CT molecular complexity index is 1210. The van der Waals surface area contributed by atoms with E-state index in [4.69, 9.17) is 4.74 Å². The van der Waals surface area contributed by atoms with Gasteiger partial charge in [-0.1, -0.05) is 6.07 Å². The van der Waals surface area contributed by atoms with Crippen LogP contribution in [0.4, 0.5) is 30.8 Å². The molecule has 3 aromatic rings. The van der Waals surface area contributed by atoms with E-state index in [0.29, 0.717) is 36.6 Å². The van der Waals surface area contributed by atoms with Crippen LogP contribution in [-0.2, 0) is 0 Å². The van der Waals surface area contributed by atoms with E-state index in [-0.39, 0.29) is 11.6 Å². The zero-order chi connectivity index (χ0) is 24.8. The predicted octanol–water partition coefficient (Wildman–Crippen LogP) is 4.36. The quantitative estimate of drug-likeness (QED) is 0.565. The summed E-state index contributed by atoms with van der Waals surface area (Å²) >= 11 is 0. The van der Waals surface area contributed by atoms with Crippen LogP contribution in [-0.4, -0.2) is 55.1 Å². The van der Waals surface area contributed by atoms with Crippen molar-refractivity contribution >= 4 is 29.1 Å². The minimum Gasteiger partial charge on any atom is -0.497 e. The molecule has 182 valence electrons. The summed E-state index contributed by atoms with van der Waals surface area (Å²) in [7, 11) is 1.57. The average molecular weight is 482 g/mol. The Kier molecular flexibility index (Phi) is 7.39. The van der Waals surface area contributed by atoms with Gasteiger partial charge in [-0.2, -0.15) is 0 Å². The third-order valence-corrected chi connectivity index (χ3v) is 5.61. The normalized spacial score (nSPS) is 13.7. The molecule has 35 heavy (non-hydrogen) atoms. The maximum absolute atomic E-state index is 13.3. The molecule has 1 aromatic heterocycles. The molecule has 1 aliphatic heterocycles. The number of nitrogens with zero attached hydrogens (tertiary/aromatic N) is 3. The average Bonchev–Trinajstić information content (AvgIpc) is 3.13. The fourth-order valence-corrected chi connectivity index (χ4v) is 3.80. The molecule has 10 heteroatoms. The summed E-state index contributed by atoms with van der Waals surface area (Å²) < 4.78 is 31.5. The van der Waals surface area contributed by atoms with Crippen LogP contribution in [0.2, 0.25) is 0 Å². The van der Waals surface area contributed by atoms with Crippen LogP contribution < -0.4 is 20.3 Å². The zero-order valence-electron chi connectivity index (χ0n) is 19.1. The number of carbonyl (C=O) groups excluding carboxylic acids is 2. The van der Waals surface area contributed by atoms with E-state index in [9.17, 15) is 18.4 Å². The second kappa shape index (κ2) is 10.8. The summed E-state index contributed by atoms with van der Waals surface area (Å²) in [6.45, 7) is 2.54. The van der Waals surface area contributed by atoms with Crippen molar-refractivity contribution in [2.24, 2.45) is 0 Å². The van der Waals surface area contributed by atoms with Gasteiger partial charge in [-0.05, 0) is 48.9 Å². The number of ether oxygens (including phenoxy) is 1. The number of carbonyl (C=O) groups is 2. The van der Waals surface area contributed by atoms with E-state index in [0.717, 1.165) is 30.9 Å². The molecule has 2 N–H and O–H groups in total. The number of pyridine rings is 1. The van der Waals surface area contributed by atoms with Crippen LogP contribution in [0.25, 0.3) is 0 Å². The molecular formula is C25H25F2N5O3. The Balaban J connectivity index is 1.33. The molecule has 0 saturated carbocycles. The van der Waals surface area contributed by atoms with E-state index in [2.05, 4.69) is 20.5 Å². The first kappa shape index (κ1) is 23.9. The first-order chi connectivity index (χ1) is 16.9. The lowest BCUT2D eigenvalue weighted by atomic mass is 10.2. The zero-order valence-corrected chi connectivity index (χ0v) is 19.1. The van der Waals surface area contributed by atoms with E-state index in [1.54, 1.807) is 43.5 Å². The first-order valence-electron chi connectivity index (χ1n) is 11.1. The number of nitrogens with one attached hydrogen (secondary N) is 2. The van der Waals surface area contributed by atoms with Crippen molar-refractivity contribution in [3.63, 3.8) is 0 Å². The van der Waals surface area contributed by atoms with Gasteiger partial charge in [0.05, 0.1) is 19.0 Å². The second-order valence-electron chi connectivity index (χ2n) is 7.98. The largest absolute Gasteiger partial charge is 0.497 e. The number of benzene rings is 2. The van der Waals surface area contributed by atoms with Crippen LogP contribution in [0, 0.1) is 11.6 Å². The Morgan fingerprint density at radius 1 is 0.914 bits per heavy atom. The Morgan fingerprint density at radius 3 is 2.46 bits per heavy atom. The van der Waals surface area contributed by atoms with Gasteiger partial charge in [0.25, 0.3) is 5.91 Å². The number of anilines is 3. The van der Waals surface area contributed by atoms with Crippen LogP contribution in [0.1, 0.15) is 16.8 Å². The molecule has 0 atom stereocenters. The molecule has 0 radical (unpaired) electrons. The minimum absolute atomic E-state index is 0.0368. The molecule has 0 unspecified atom stereocenters. The van der Waals surface area contributed by atoms with Crippen LogP contribution >= 0.6 is 0 Å². The van der Waals surface area contributed by atoms with Crippen molar-refractivity contribution in [1.29, 1.82) is 0 Å². The Morgan fingerprint density at radius 2 is 1.71 bits per heavy atom. The molecule has 0 spiro atoms. The SMILES string of the molecule is COc1cccc(C(=O)N2CCCN(c3ccc(NC(=O)Nc4ccc(F)c(F)c4)cn3)CC2)c1. The number of amides is 3. The molecule has 1 saturated heterocycles. The summed E-state index contributed by atoms with van der Waals surface area (Å²) in [5.74, 6) is -0.701. The van der Waals surface area contributed by atoms with Gasteiger partial charge in [0, 0.05) is 43.5 Å². The van der Waals surface area contributed by atoms with Gasteiger partial charge in [0.2, 0.25) is 0 Å². The van der Waals surface area contributed by atoms with Crippen LogP contribution in [0.5, 0.6) is 5.75 Å². The van der Waals surface area contributed by atoms with Gasteiger partial charge in [-0.3, -0.25) is 4.79 Å². The standard InChI is InChI=1S/C25H25F2N5O3/c1-35-20-5-2-4-17(14-20)24(33)32-11-3-10-31(12-13-32)23-9-7-19(16-28-23)30-25(34)29-18-6-8-21(26)22(27)15-18/h2,4-9,14-16H,3,10-13H2,1H3,(H2,29,30,34). The first-order valence-corrected chi connectivity index (χ1v) is 11.1. The van der Waals surface area contributed by atoms with Crippen LogP contribution in [0.15, 0.2) is 60.8 Å². The Labute approximate surface area is 201 Å². The number of hydrogen-bond donors (Lipinski definition) is 2. The van der Waals surface area contributed by atoms with Gasteiger partial charge in [-0.15, -0.1) is 0 Å². The number of hydrogen-bond acceptors (Lipinski definition) is 5. The lowest BCUT2D eigenvalue weighted by molar-refractivity contribution is 0.0766. The summed E-state index contributed by atoms with van der Waals surface area (Å²) in [6, 6.07) is 13.1. The maximum Gasteiger partial charge on any atom is 0.323 e. The van der Waals surface area contributed by atoms with Crippen LogP contribution in [0.3, 0.4) is 0 Å². The number of rotatable bonds is 5. The second-order valence-corrected chi connectivity index (χ2v) is 7.98. The monoisotopic (exact) mass is 481 g/mol. The number of halogens is 2. The molecular weight excluding hydrogens is 456 g/mol. The molecule has 8 nitrogen and oxygen atoms in total. The smallest absolute Gasteiger partial charge is 0.323 e. The topological polar surface area (TPSA) is 86.8 Å². The number of methoxy groups -OCH3 is 1. The van der Waals surface area contributed by atoms with Gasteiger partial charge in [0.1, 0.15) is 11.6 Å². The molecule has 3 amide bonds. The molecule has 0 aliphatic carbocycles. The third kappa shape index (κ3) is 6.03. The predicted molar refractivity (Wildman–Crippen MR) is 129 cm³/mol. The number of urea groups is 1. The van der Waals surface area contributed by atoms with Crippen molar-refractivity contribution in [2.75, 3.05) is 48.8 Å². The van der Waals surface area contributed by atoms with E-state index < -0.39 is 17.7 Å². The summed E-state index contributed by atoms with van der Waals surface area (Å²) in [4.78, 5) is 33.4. The molecule has 1 aliphatic rings. The lowest BCUT2D eigenvalue weighted by Crippen LogP contribution is -2.35. The number of aromatic nitrogens is 1. The lowest BCUT2D eigenvalue weighted by Gasteiger charge is -2.23. The van der Waals surface area contributed by atoms with Gasteiger partial charge >= 0.3 is 6.03 Å². The summed E-state index contributed by atoms with van der Waals surface area (Å²) in [5.41, 5.74) is 1.16. The fourth-order valence-electron chi connectivity index (χ4n) is 3.80. The summed E-state index contributed by atoms with van der Waals surface area (Å²) in [5, 5.41) is 5.05. The molecule has 0 bridgehead atoms. The minimum atomic E-state index is -1.05. The third-order valence-electron chi connectivity index (χ3n) is 5.61. The highest BCUT2D eigenvalue weighted by molar-refractivity contribution is 5.99. The van der Waals surface area contributed by atoms with Crippen molar-refractivity contribution in [3.05, 3.63) is 78.0 Å². The molecule has 4 rings (SSSR count). The fraction of sp³-hybridized carbons (Fsp3) is 0.240. The van der Waals surface area contributed by atoms with Crippen molar-refractivity contribution < 1.29 is 23.1 Å². The van der Waals surface area contributed by atoms with E-state index >= 15 is 0 Å². The Hall–Kier alpha value is -4.21. The van der Waals surface area contributed by atoms with Gasteiger partial charge in [0.15, 0.2) is 11.6 Å². The molecule has 2 heterocycles. The highest BCUT2D eigenvalue weighted by Crippen LogP contribution is 2.19. The molecule has 2 aromatic carbocycles. The highest BCUT2D eigenvalue weighted by Gasteiger charge is 2.21. The molecule has 1 fully saturated rings. The van der Waals surface area contributed by atoms with Gasteiger partial charge in [-0.25, -0.2) is 18.6 Å². The highest BCUT2D eigenvalue weighted by atomic mass is 19.2. The van der Waals surface area contributed by atoms with Gasteiger partial charge < -0.3 is 25.2 Å². The van der Waals surface area contributed by atoms with E-state index in [1.165, 1.54) is 12.3 Å². The maximum atomic E-state index is 13.3. The van der Waals surface area contributed by atoms with E-state index in [1.807, 2.05) is 4.90 Å². The van der Waals surface area contributed by atoms with Crippen molar-refractivity contribution in [1.82, 2.24) is 9.88 Å².